The van der Waals surface area contributed by atoms with Crippen LogP contribution in [0.2, 0.25) is 0 Å². The molecule has 1 aliphatic rings. The fourth-order valence-corrected chi connectivity index (χ4v) is 3.12. The van der Waals surface area contributed by atoms with Gasteiger partial charge in [-0.05, 0) is 11.1 Å². The molecule has 2 atom stereocenters. The van der Waals surface area contributed by atoms with Crippen LogP contribution in [-0.2, 0) is 11.3 Å². The van der Waals surface area contributed by atoms with E-state index in [0.29, 0.717) is 6.61 Å². The van der Waals surface area contributed by atoms with Crippen LogP contribution in [0.15, 0.2) is 60.7 Å². The fraction of sp³-hybridized carbons (Fsp3) is 0.368. The van der Waals surface area contributed by atoms with E-state index in [1.165, 1.54) is 11.1 Å². The van der Waals surface area contributed by atoms with Crippen LogP contribution >= 0.6 is 0 Å². The Morgan fingerprint density at radius 3 is 2.36 bits per heavy atom. The van der Waals surface area contributed by atoms with Crippen LogP contribution in [-0.4, -0.2) is 42.4 Å². The second kappa shape index (κ2) is 7.54. The van der Waals surface area contributed by atoms with Crippen LogP contribution in [0.5, 0.6) is 0 Å². The highest BCUT2D eigenvalue weighted by molar-refractivity contribution is 5.22. The lowest BCUT2D eigenvalue weighted by atomic mass is 9.93. The third-order valence-electron chi connectivity index (χ3n) is 4.30. The first-order valence-electron chi connectivity index (χ1n) is 7.90. The van der Waals surface area contributed by atoms with Crippen molar-refractivity contribution < 1.29 is 9.84 Å². The maximum atomic E-state index is 9.68. The van der Waals surface area contributed by atoms with E-state index in [2.05, 4.69) is 53.4 Å². The highest BCUT2D eigenvalue weighted by atomic mass is 16.5. The monoisotopic (exact) mass is 297 g/mol. The number of hydrogen-bond donors (Lipinski definition) is 1. The zero-order valence-electron chi connectivity index (χ0n) is 12.8. The molecule has 2 aromatic rings. The molecule has 22 heavy (non-hydrogen) atoms. The highest BCUT2D eigenvalue weighted by Crippen LogP contribution is 2.26. The van der Waals surface area contributed by atoms with Gasteiger partial charge in [-0.25, -0.2) is 0 Å². The summed E-state index contributed by atoms with van der Waals surface area (Å²) in [6.07, 6.45) is -0.122. The lowest BCUT2D eigenvalue weighted by Crippen LogP contribution is -2.32. The van der Waals surface area contributed by atoms with Gasteiger partial charge in [0, 0.05) is 25.6 Å². The third kappa shape index (κ3) is 3.74. The highest BCUT2D eigenvalue weighted by Gasteiger charge is 2.28. The van der Waals surface area contributed by atoms with E-state index in [1.807, 2.05) is 12.1 Å². The van der Waals surface area contributed by atoms with Gasteiger partial charge in [-0.3, -0.25) is 4.90 Å². The van der Waals surface area contributed by atoms with Crippen LogP contribution in [0.4, 0.5) is 0 Å². The van der Waals surface area contributed by atoms with E-state index < -0.39 is 0 Å². The molecule has 0 saturated carbocycles. The minimum atomic E-state index is -0.122. The fourth-order valence-electron chi connectivity index (χ4n) is 3.12. The summed E-state index contributed by atoms with van der Waals surface area (Å²) in [6.45, 7) is 3.46. The van der Waals surface area contributed by atoms with E-state index in [-0.39, 0.29) is 18.6 Å². The van der Waals surface area contributed by atoms with Crippen molar-refractivity contribution in [2.24, 2.45) is 0 Å². The number of rotatable bonds is 4. The average molecular weight is 297 g/mol. The molecule has 1 aliphatic heterocycles. The van der Waals surface area contributed by atoms with Crippen LogP contribution in [0.3, 0.4) is 0 Å². The summed E-state index contributed by atoms with van der Waals surface area (Å²) in [6, 6.07) is 20.9. The molecule has 1 N–H and O–H groups in total. The Morgan fingerprint density at radius 1 is 1.00 bits per heavy atom. The minimum absolute atomic E-state index is 0.0682. The maximum Gasteiger partial charge on any atom is 0.0886 e. The number of aliphatic hydroxyl groups excluding tert-OH is 1. The summed E-state index contributed by atoms with van der Waals surface area (Å²) in [4.78, 5) is 2.42. The number of hydrogen-bond acceptors (Lipinski definition) is 3. The number of aliphatic hydroxyl groups is 1. The Morgan fingerprint density at radius 2 is 1.68 bits per heavy atom. The first-order chi connectivity index (χ1) is 10.9. The van der Waals surface area contributed by atoms with Crippen molar-refractivity contribution in [3.8, 4) is 0 Å². The lowest BCUT2D eigenvalue weighted by Gasteiger charge is -2.27. The van der Waals surface area contributed by atoms with Gasteiger partial charge in [-0.1, -0.05) is 60.7 Å². The van der Waals surface area contributed by atoms with Crippen molar-refractivity contribution in [2.75, 3.05) is 26.3 Å². The summed E-state index contributed by atoms with van der Waals surface area (Å²) in [7, 11) is 0. The van der Waals surface area contributed by atoms with Crippen molar-refractivity contribution in [3.63, 3.8) is 0 Å². The van der Waals surface area contributed by atoms with Crippen LogP contribution in [0.25, 0.3) is 0 Å². The summed E-state index contributed by atoms with van der Waals surface area (Å²) in [5.74, 6) is 0.206. The predicted molar refractivity (Wildman–Crippen MR) is 87.7 cm³/mol. The molecule has 1 fully saturated rings. The Balaban J connectivity index is 1.77. The Bertz CT molecular complexity index is 558. The lowest BCUT2D eigenvalue weighted by molar-refractivity contribution is 0.0104. The van der Waals surface area contributed by atoms with Crippen LogP contribution < -0.4 is 0 Å². The largest absolute Gasteiger partial charge is 0.394 e. The first kappa shape index (κ1) is 15.2. The number of benzene rings is 2. The van der Waals surface area contributed by atoms with Crippen LogP contribution in [0, 0.1) is 0 Å². The quantitative estimate of drug-likeness (QED) is 0.942. The van der Waals surface area contributed by atoms with Gasteiger partial charge in [0.1, 0.15) is 0 Å². The third-order valence-corrected chi connectivity index (χ3v) is 4.30. The van der Waals surface area contributed by atoms with Gasteiger partial charge in [0.05, 0.1) is 19.3 Å². The number of ether oxygens (including phenoxy) is 1. The van der Waals surface area contributed by atoms with Crippen molar-refractivity contribution in [2.45, 2.75) is 18.6 Å². The standard InChI is InChI=1S/C19H23NO2/c21-15-19-18(17-9-5-2-6-10-17)14-20(11-12-22-19)13-16-7-3-1-4-8-16/h1-10,18-19,21H,11-15H2/t18?,19-/m1/s1. The van der Waals surface area contributed by atoms with E-state index in [0.717, 1.165) is 19.6 Å². The molecule has 1 unspecified atom stereocenters. The Hall–Kier alpha value is -1.68. The molecule has 3 heteroatoms. The van der Waals surface area contributed by atoms with E-state index in [1.54, 1.807) is 0 Å². The molecular weight excluding hydrogens is 274 g/mol. The van der Waals surface area contributed by atoms with Gasteiger partial charge in [0.2, 0.25) is 0 Å². The average Bonchev–Trinajstić information content (AvgIpc) is 2.78. The minimum Gasteiger partial charge on any atom is -0.394 e. The van der Waals surface area contributed by atoms with Crippen molar-refractivity contribution >= 4 is 0 Å². The van der Waals surface area contributed by atoms with Gasteiger partial charge in [-0.2, -0.15) is 0 Å². The van der Waals surface area contributed by atoms with Gasteiger partial charge in [0.15, 0.2) is 0 Å². The molecule has 2 aromatic carbocycles. The first-order valence-corrected chi connectivity index (χ1v) is 7.90. The Labute approximate surface area is 132 Å². The molecule has 0 aliphatic carbocycles. The summed E-state index contributed by atoms with van der Waals surface area (Å²) in [5.41, 5.74) is 2.55. The van der Waals surface area contributed by atoms with Gasteiger partial charge >= 0.3 is 0 Å². The molecule has 1 heterocycles. The molecule has 0 radical (unpaired) electrons. The summed E-state index contributed by atoms with van der Waals surface area (Å²) >= 11 is 0. The molecule has 0 amide bonds. The molecule has 0 bridgehead atoms. The van der Waals surface area contributed by atoms with E-state index in [4.69, 9.17) is 4.74 Å². The smallest absolute Gasteiger partial charge is 0.0886 e. The van der Waals surface area contributed by atoms with Crippen molar-refractivity contribution in [1.29, 1.82) is 0 Å². The summed E-state index contributed by atoms with van der Waals surface area (Å²) in [5, 5.41) is 9.68. The van der Waals surface area contributed by atoms with Gasteiger partial charge in [0.25, 0.3) is 0 Å². The molecule has 3 nitrogen and oxygen atoms in total. The molecule has 0 spiro atoms. The zero-order valence-corrected chi connectivity index (χ0v) is 12.8. The van der Waals surface area contributed by atoms with E-state index >= 15 is 0 Å². The zero-order chi connectivity index (χ0) is 15.2. The van der Waals surface area contributed by atoms with Gasteiger partial charge < -0.3 is 9.84 Å². The Kier molecular flexibility index (Phi) is 5.22. The van der Waals surface area contributed by atoms with E-state index in [9.17, 15) is 5.11 Å². The molecule has 1 saturated heterocycles. The molecule has 3 rings (SSSR count). The second-order valence-electron chi connectivity index (χ2n) is 5.83. The SMILES string of the molecule is OC[C@H]1OCCN(Cc2ccccc2)CC1c1ccccc1. The van der Waals surface area contributed by atoms with Crippen molar-refractivity contribution in [1.82, 2.24) is 4.90 Å². The summed E-state index contributed by atoms with van der Waals surface area (Å²) < 4.78 is 5.90. The van der Waals surface area contributed by atoms with Crippen LogP contribution in [0.1, 0.15) is 17.0 Å². The normalized spacial score (nSPS) is 23.1. The van der Waals surface area contributed by atoms with Gasteiger partial charge in [-0.15, -0.1) is 0 Å². The molecule has 0 aromatic heterocycles. The molecule has 116 valence electrons. The molecular formula is C19H23NO2. The van der Waals surface area contributed by atoms with Crippen molar-refractivity contribution in [3.05, 3.63) is 71.8 Å². The number of nitrogens with zero attached hydrogens (tertiary/aromatic N) is 1. The maximum absolute atomic E-state index is 9.68. The second-order valence-corrected chi connectivity index (χ2v) is 5.83. The predicted octanol–water partition coefficient (Wildman–Crippen LogP) is 2.66. The topological polar surface area (TPSA) is 32.7 Å².